The van der Waals surface area contributed by atoms with Crippen molar-refractivity contribution in [2.24, 2.45) is 5.73 Å². The first-order chi connectivity index (χ1) is 8.80. The van der Waals surface area contributed by atoms with Crippen LogP contribution in [0.25, 0.3) is 11.3 Å². The van der Waals surface area contributed by atoms with Crippen LogP contribution < -0.4 is 5.73 Å². The summed E-state index contributed by atoms with van der Waals surface area (Å²) in [6, 6.07) is 6.19. The van der Waals surface area contributed by atoms with Crippen molar-refractivity contribution in [1.82, 2.24) is 9.97 Å². The van der Waals surface area contributed by atoms with E-state index in [-0.39, 0.29) is 0 Å². The molecule has 0 saturated heterocycles. The second kappa shape index (κ2) is 4.74. The van der Waals surface area contributed by atoms with Crippen LogP contribution in [0.4, 0.5) is 0 Å². The highest BCUT2D eigenvalue weighted by Crippen LogP contribution is 2.26. The van der Waals surface area contributed by atoms with Crippen LogP contribution in [0.2, 0.25) is 0 Å². The monoisotopic (exact) mass is 255 g/mol. The summed E-state index contributed by atoms with van der Waals surface area (Å²) in [5, 5.41) is 0. The Kier molecular flexibility index (Phi) is 3.42. The van der Waals surface area contributed by atoms with E-state index in [1.54, 1.807) is 6.20 Å². The summed E-state index contributed by atoms with van der Waals surface area (Å²) >= 11 is 0. The summed E-state index contributed by atoms with van der Waals surface area (Å²) < 4.78 is 0. The average molecular weight is 255 g/mol. The Bertz CT molecular complexity index is 610. The average Bonchev–Trinajstić information content (AvgIpc) is 2.35. The second-order valence-electron chi connectivity index (χ2n) is 5.67. The van der Waals surface area contributed by atoms with Gasteiger partial charge in [0, 0.05) is 11.8 Å². The first kappa shape index (κ1) is 13.7. The third-order valence-electron chi connectivity index (χ3n) is 3.57. The van der Waals surface area contributed by atoms with E-state index < -0.39 is 5.54 Å². The molecule has 1 heterocycles. The van der Waals surface area contributed by atoms with Gasteiger partial charge in [-0.15, -0.1) is 0 Å². The Balaban J connectivity index is 2.57. The quantitative estimate of drug-likeness (QED) is 0.896. The maximum Gasteiger partial charge on any atom is 0.148 e. The highest BCUT2D eigenvalue weighted by Gasteiger charge is 2.18. The summed E-state index contributed by atoms with van der Waals surface area (Å²) in [6.45, 7) is 10.2. The molecular formula is C16H21N3. The van der Waals surface area contributed by atoms with Gasteiger partial charge in [-0.05, 0) is 57.4 Å². The summed E-state index contributed by atoms with van der Waals surface area (Å²) in [5.41, 5.74) is 11.5. The minimum Gasteiger partial charge on any atom is -0.319 e. The SMILES string of the molecule is Cc1ccc(-c2ccnc(C(C)(C)N)n2)c(C)c1C. The van der Waals surface area contributed by atoms with Gasteiger partial charge in [0.1, 0.15) is 5.82 Å². The van der Waals surface area contributed by atoms with Gasteiger partial charge in [-0.25, -0.2) is 9.97 Å². The van der Waals surface area contributed by atoms with Gasteiger partial charge in [0.2, 0.25) is 0 Å². The third-order valence-corrected chi connectivity index (χ3v) is 3.57. The van der Waals surface area contributed by atoms with E-state index in [1.807, 2.05) is 19.9 Å². The largest absolute Gasteiger partial charge is 0.319 e. The number of nitrogens with two attached hydrogens (primary N) is 1. The maximum atomic E-state index is 6.07. The fourth-order valence-electron chi connectivity index (χ4n) is 2.05. The molecular weight excluding hydrogens is 234 g/mol. The lowest BCUT2D eigenvalue weighted by Crippen LogP contribution is -2.31. The Morgan fingerprint density at radius 3 is 2.32 bits per heavy atom. The molecule has 0 aliphatic rings. The van der Waals surface area contributed by atoms with Crippen molar-refractivity contribution in [2.45, 2.75) is 40.2 Å². The number of hydrogen-bond donors (Lipinski definition) is 1. The molecule has 0 aliphatic heterocycles. The van der Waals surface area contributed by atoms with Crippen molar-refractivity contribution >= 4 is 0 Å². The molecule has 0 spiro atoms. The molecule has 0 unspecified atom stereocenters. The lowest BCUT2D eigenvalue weighted by Gasteiger charge is -2.18. The number of nitrogens with zero attached hydrogens (tertiary/aromatic N) is 2. The fraction of sp³-hybridized carbons (Fsp3) is 0.375. The Morgan fingerprint density at radius 1 is 1.00 bits per heavy atom. The zero-order valence-corrected chi connectivity index (χ0v) is 12.3. The minimum absolute atomic E-state index is 0.524. The van der Waals surface area contributed by atoms with Gasteiger partial charge in [0.25, 0.3) is 0 Å². The van der Waals surface area contributed by atoms with Crippen molar-refractivity contribution in [2.75, 3.05) is 0 Å². The number of rotatable bonds is 2. The number of aryl methyl sites for hydroxylation is 1. The molecule has 2 N–H and O–H groups in total. The van der Waals surface area contributed by atoms with Crippen molar-refractivity contribution < 1.29 is 0 Å². The van der Waals surface area contributed by atoms with E-state index in [0.29, 0.717) is 5.82 Å². The van der Waals surface area contributed by atoms with E-state index in [0.717, 1.165) is 11.3 Å². The zero-order valence-electron chi connectivity index (χ0n) is 12.3. The van der Waals surface area contributed by atoms with E-state index in [2.05, 4.69) is 42.9 Å². The first-order valence-electron chi connectivity index (χ1n) is 6.50. The molecule has 3 heteroatoms. The Morgan fingerprint density at radius 2 is 1.68 bits per heavy atom. The summed E-state index contributed by atoms with van der Waals surface area (Å²) in [7, 11) is 0. The Labute approximate surface area is 114 Å². The number of benzene rings is 1. The molecule has 1 aromatic heterocycles. The smallest absolute Gasteiger partial charge is 0.148 e. The van der Waals surface area contributed by atoms with Crippen LogP contribution >= 0.6 is 0 Å². The van der Waals surface area contributed by atoms with Crippen molar-refractivity contribution in [3.63, 3.8) is 0 Å². The standard InChI is InChI=1S/C16H21N3/c1-10-6-7-13(12(3)11(10)2)14-8-9-18-15(19-14)16(4,5)17/h6-9H,17H2,1-5H3. The highest BCUT2D eigenvalue weighted by atomic mass is 14.9. The molecule has 0 bridgehead atoms. The van der Waals surface area contributed by atoms with Gasteiger partial charge in [-0.3, -0.25) is 0 Å². The Hall–Kier alpha value is -1.74. The van der Waals surface area contributed by atoms with Gasteiger partial charge >= 0.3 is 0 Å². The maximum absolute atomic E-state index is 6.07. The molecule has 0 atom stereocenters. The molecule has 19 heavy (non-hydrogen) atoms. The molecule has 0 aliphatic carbocycles. The molecule has 0 amide bonds. The highest BCUT2D eigenvalue weighted by molar-refractivity contribution is 5.65. The van der Waals surface area contributed by atoms with Gasteiger partial charge in [0.15, 0.2) is 0 Å². The molecule has 2 aromatic rings. The normalized spacial score (nSPS) is 11.7. The minimum atomic E-state index is -0.524. The summed E-state index contributed by atoms with van der Waals surface area (Å²) in [5.74, 6) is 0.669. The van der Waals surface area contributed by atoms with Crippen LogP contribution in [0.5, 0.6) is 0 Å². The summed E-state index contributed by atoms with van der Waals surface area (Å²) in [4.78, 5) is 8.88. The van der Waals surface area contributed by atoms with Crippen molar-refractivity contribution in [1.29, 1.82) is 0 Å². The van der Waals surface area contributed by atoms with Gasteiger partial charge in [0.05, 0.1) is 11.2 Å². The molecule has 0 saturated carbocycles. The van der Waals surface area contributed by atoms with Crippen LogP contribution in [-0.4, -0.2) is 9.97 Å². The van der Waals surface area contributed by atoms with Crippen LogP contribution in [-0.2, 0) is 5.54 Å². The molecule has 0 radical (unpaired) electrons. The van der Waals surface area contributed by atoms with Crippen LogP contribution in [0.3, 0.4) is 0 Å². The van der Waals surface area contributed by atoms with Crippen LogP contribution in [0.15, 0.2) is 24.4 Å². The molecule has 3 nitrogen and oxygen atoms in total. The van der Waals surface area contributed by atoms with E-state index in [9.17, 15) is 0 Å². The molecule has 2 rings (SSSR count). The van der Waals surface area contributed by atoms with Gasteiger partial charge in [-0.1, -0.05) is 12.1 Å². The predicted octanol–water partition coefficient (Wildman–Crippen LogP) is 3.26. The van der Waals surface area contributed by atoms with Crippen molar-refractivity contribution in [3.8, 4) is 11.3 Å². The number of hydrogen-bond acceptors (Lipinski definition) is 3. The lowest BCUT2D eigenvalue weighted by atomic mass is 9.96. The van der Waals surface area contributed by atoms with E-state index in [4.69, 9.17) is 5.73 Å². The van der Waals surface area contributed by atoms with Crippen molar-refractivity contribution in [3.05, 3.63) is 46.9 Å². The van der Waals surface area contributed by atoms with Crippen LogP contribution in [0.1, 0.15) is 36.4 Å². The lowest BCUT2D eigenvalue weighted by molar-refractivity contribution is 0.514. The molecule has 100 valence electrons. The van der Waals surface area contributed by atoms with Gasteiger partial charge in [-0.2, -0.15) is 0 Å². The van der Waals surface area contributed by atoms with Crippen LogP contribution in [0, 0.1) is 20.8 Å². The second-order valence-corrected chi connectivity index (χ2v) is 5.67. The summed E-state index contributed by atoms with van der Waals surface area (Å²) in [6.07, 6.45) is 1.78. The third kappa shape index (κ3) is 2.66. The topological polar surface area (TPSA) is 51.8 Å². The first-order valence-corrected chi connectivity index (χ1v) is 6.50. The zero-order chi connectivity index (χ0) is 14.2. The molecule has 0 fully saturated rings. The number of aromatic nitrogens is 2. The fourth-order valence-corrected chi connectivity index (χ4v) is 2.05. The van der Waals surface area contributed by atoms with E-state index in [1.165, 1.54) is 16.7 Å². The van der Waals surface area contributed by atoms with Gasteiger partial charge < -0.3 is 5.73 Å². The van der Waals surface area contributed by atoms with E-state index >= 15 is 0 Å². The molecule has 1 aromatic carbocycles. The predicted molar refractivity (Wildman–Crippen MR) is 78.9 cm³/mol.